The number of anilines is 1. The fourth-order valence-electron chi connectivity index (χ4n) is 1.85. The van der Waals surface area contributed by atoms with Crippen LogP contribution in [-0.4, -0.2) is 11.6 Å². The van der Waals surface area contributed by atoms with Gasteiger partial charge >= 0.3 is 0 Å². The second kappa shape index (κ2) is 6.96. The first-order chi connectivity index (χ1) is 9.70. The highest BCUT2D eigenvalue weighted by Crippen LogP contribution is 2.21. The Morgan fingerprint density at radius 3 is 2.85 bits per heavy atom. The van der Waals surface area contributed by atoms with Crippen LogP contribution >= 0.6 is 11.6 Å². The number of para-hydroxylation sites is 1. The Bertz CT molecular complexity index is 599. The van der Waals surface area contributed by atoms with E-state index in [2.05, 4.69) is 16.9 Å². The Morgan fingerprint density at radius 2 is 2.10 bits per heavy atom. The van der Waals surface area contributed by atoms with Crippen molar-refractivity contribution in [2.24, 2.45) is 0 Å². The molecular formula is C16H17ClN2O. The summed E-state index contributed by atoms with van der Waals surface area (Å²) in [6.45, 7) is 6.75. The van der Waals surface area contributed by atoms with E-state index in [1.807, 2.05) is 37.3 Å². The predicted molar refractivity (Wildman–Crippen MR) is 83.4 cm³/mol. The maximum atomic E-state index is 5.85. The van der Waals surface area contributed by atoms with Crippen molar-refractivity contribution in [1.29, 1.82) is 0 Å². The minimum absolute atomic E-state index is 0.499. The molecule has 4 heteroatoms. The van der Waals surface area contributed by atoms with Crippen molar-refractivity contribution in [3.05, 3.63) is 65.5 Å². The van der Waals surface area contributed by atoms with Gasteiger partial charge in [0.1, 0.15) is 17.5 Å². The predicted octanol–water partition coefficient (Wildman–Crippen LogP) is 4.22. The lowest BCUT2D eigenvalue weighted by Crippen LogP contribution is -2.05. The van der Waals surface area contributed by atoms with Crippen LogP contribution in [0.15, 0.2) is 49.1 Å². The van der Waals surface area contributed by atoms with Gasteiger partial charge in [-0.1, -0.05) is 42.5 Å². The van der Waals surface area contributed by atoms with Crippen LogP contribution in [0.5, 0.6) is 5.75 Å². The average Bonchev–Trinajstić information content (AvgIpc) is 2.45. The van der Waals surface area contributed by atoms with Crippen molar-refractivity contribution < 1.29 is 4.74 Å². The summed E-state index contributed by atoms with van der Waals surface area (Å²) in [7, 11) is 0. The van der Waals surface area contributed by atoms with Gasteiger partial charge in [0.2, 0.25) is 0 Å². The van der Waals surface area contributed by atoms with Gasteiger partial charge in [-0.25, -0.2) is 4.98 Å². The molecule has 0 unspecified atom stereocenters. The summed E-state index contributed by atoms with van der Waals surface area (Å²) in [5.74, 6) is 0.861. The molecule has 0 bridgehead atoms. The smallest absolute Gasteiger partial charge is 0.129 e. The summed E-state index contributed by atoms with van der Waals surface area (Å²) in [4.78, 5) is 4.22. The molecular weight excluding hydrogens is 272 g/mol. The molecule has 2 aromatic rings. The maximum Gasteiger partial charge on any atom is 0.129 e. The van der Waals surface area contributed by atoms with E-state index in [1.54, 1.807) is 12.1 Å². The number of aryl methyl sites for hydroxylation is 1. The third-order valence-corrected chi connectivity index (χ3v) is 3.06. The molecule has 2 rings (SSSR count). The first-order valence-corrected chi connectivity index (χ1v) is 6.77. The van der Waals surface area contributed by atoms with Crippen molar-refractivity contribution in [3.8, 4) is 5.75 Å². The highest BCUT2D eigenvalue weighted by molar-refractivity contribution is 6.29. The minimum atomic E-state index is 0.499. The SMILES string of the molecule is C=CCOc1ccccc1CNc1ccc(Cl)nc1C. The topological polar surface area (TPSA) is 34.1 Å². The normalized spacial score (nSPS) is 10.1. The van der Waals surface area contributed by atoms with Gasteiger partial charge < -0.3 is 10.1 Å². The van der Waals surface area contributed by atoms with Crippen LogP contribution in [0.3, 0.4) is 0 Å². The molecule has 1 N–H and O–H groups in total. The quantitative estimate of drug-likeness (QED) is 0.638. The zero-order valence-electron chi connectivity index (χ0n) is 11.4. The number of hydrogen-bond acceptors (Lipinski definition) is 3. The van der Waals surface area contributed by atoms with Gasteiger partial charge in [-0.15, -0.1) is 0 Å². The number of halogens is 1. The number of pyridine rings is 1. The molecule has 20 heavy (non-hydrogen) atoms. The van der Waals surface area contributed by atoms with E-state index in [9.17, 15) is 0 Å². The Balaban J connectivity index is 2.08. The molecule has 0 spiro atoms. The maximum absolute atomic E-state index is 5.85. The molecule has 1 aromatic heterocycles. The van der Waals surface area contributed by atoms with E-state index in [4.69, 9.17) is 16.3 Å². The number of hydrogen-bond donors (Lipinski definition) is 1. The van der Waals surface area contributed by atoms with Gasteiger partial charge in [-0.3, -0.25) is 0 Å². The minimum Gasteiger partial charge on any atom is -0.489 e. The molecule has 0 amide bonds. The van der Waals surface area contributed by atoms with Gasteiger partial charge in [0, 0.05) is 12.1 Å². The summed E-state index contributed by atoms with van der Waals surface area (Å²) < 4.78 is 5.63. The number of rotatable bonds is 6. The highest BCUT2D eigenvalue weighted by Gasteiger charge is 2.04. The van der Waals surface area contributed by atoms with E-state index >= 15 is 0 Å². The third kappa shape index (κ3) is 3.75. The van der Waals surface area contributed by atoms with Crippen LogP contribution in [0, 0.1) is 6.92 Å². The van der Waals surface area contributed by atoms with Crippen molar-refractivity contribution in [3.63, 3.8) is 0 Å². The Kier molecular flexibility index (Phi) is 5.02. The molecule has 1 aromatic carbocycles. The van der Waals surface area contributed by atoms with Gasteiger partial charge in [-0.2, -0.15) is 0 Å². The van der Waals surface area contributed by atoms with E-state index in [0.29, 0.717) is 18.3 Å². The van der Waals surface area contributed by atoms with E-state index in [1.165, 1.54) is 0 Å². The Labute approximate surface area is 124 Å². The molecule has 0 aliphatic rings. The van der Waals surface area contributed by atoms with Crippen molar-refractivity contribution in [2.45, 2.75) is 13.5 Å². The van der Waals surface area contributed by atoms with Gasteiger partial charge in [0.15, 0.2) is 0 Å². The van der Waals surface area contributed by atoms with E-state index < -0.39 is 0 Å². The van der Waals surface area contributed by atoms with E-state index in [-0.39, 0.29) is 0 Å². The second-order valence-corrected chi connectivity index (χ2v) is 4.72. The molecule has 0 saturated carbocycles. The largest absolute Gasteiger partial charge is 0.489 e. The number of nitrogens with zero attached hydrogens (tertiary/aromatic N) is 1. The molecule has 1 heterocycles. The third-order valence-electron chi connectivity index (χ3n) is 2.85. The molecule has 104 valence electrons. The van der Waals surface area contributed by atoms with Crippen molar-refractivity contribution in [2.75, 3.05) is 11.9 Å². The van der Waals surface area contributed by atoms with Crippen LogP contribution < -0.4 is 10.1 Å². The first-order valence-electron chi connectivity index (χ1n) is 6.39. The number of ether oxygens (including phenoxy) is 1. The fourth-order valence-corrected chi connectivity index (χ4v) is 2.04. The van der Waals surface area contributed by atoms with Crippen molar-refractivity contribution >= 4 is 17.3 Å². The summed E-state index contributed by atoms with van der Waals surface area (Å²) in [5.41, 5.74) is 2.93. The van der Waals surface area contributed by atoms with Crippen LogP contribution in [0.25, 0.3) is 0 Å². The van der Waals surface area contributed by atoms with Gasteiger partial charge in [0.25, 0.3) is 0 Å². The van der Waals surface area contributed by atoms with Crippen molar-refractivity contribution in [1.82, 2.24) is 4.98 Å². The zero-order chi connectivity index (χ0) is 14.4. The van der Waals surface area contributed by atoms with E-state index in [0.717, 1.165) is 22.7 Å². The lowest BCUT2D eigenvalue weighted by Gasteiger charge is -2.13. The van der Waals surface area contributed by atoms with Crippen LogP contribution in [-0.2, 0) is 6.54 Å². The van der Waals surface area contributed by atoms with Crippen LogP contribution in [0.2, 0.25) is 5.15 Å². The molecule has 0 radical (unpaired) electrons. The summed E-state index contributed by atoms with van der Waals surface area (Å²) in [6.07, 6.45) is 1.73. The standard InChI is InChI=1S/C16H17ClN2O/c1-3-10-20-15-7-5-4-6-13(15)11-18-14-8-9-16(17)19-12(14)2/h3-9,18H,1,10-11H2,2H3. The lowest BCUT2D eigenvalue weighted by atomic mass is 10.2. The number of aromatic nitrogens is 1. The number of nitrogens with one attached hydrogen (secondary N) is 1. The molecule has 0 aliphatic heterocycles. The van der Waals surface area contributed by atoms with Gasteiger partial charge in [-0.05, 0) is 25.1 Å². The number of benzene rings is 1. The zero-order valence-corrected chi connectivity index (χ0v) is 12.2. The fraction of sp³-hybridized carbons (Fsp3) is 0.188. The molecule has 0 aliphatic carbocycles. The molecule has 0 atom stereocenters. The van der Waals surface area contributed by atoms with Gasteiger partial charge in [0.05, 0.1) is 11.4 Å². The lowest BCUT2D eigenvalue weighted by molar-refractivity contribution is 0.359. The van der Waals surface area contributed by atoms with Crippen LogP contribution in [0.1, 0.15) is 11.3 Å². The summed E-state index contributed by atoms with van der Waals surface area (Å²) in [6, 6.07) is 11.6. The highest BCUT2D eigenvalue weighted by atomic mass is 35.5. The summed E-state index contributed by atoms with van der Waals surface area (Å²) in [5, 5.41) is 3.85. The Morgan fingerprint density at radius 1 is 1.30 bits per heavy atom. The summed E-state index contributed by atoms with van der Waals surface area (Å²) >= 11 is 5.85. The first kappa shape index (κ1) is 14.4. The molecule has 0 saturated heterocycles. The Hall–Kier alpha value is -2.00. The van der Waals surface area contributed by atoms with Crippen LogP contribution in [0.4, 0.5) is 5.69 Å². The average molecular weight is 289 g/mol. The monoisotopic (exact) mass is 288 g/mol. The molecule has 3 nitrogen and oxygen atoms in total. The second-order valence-electron chi connectivity index (χ2n) is 4.33. The molecule has 0 fully saturated rings.